The quantitative estimate of drug-likeness (QED) is 0.668. The van der Waals surface area contributed by atoms with E-state index in [2.05, 4.69) is 54.7 Å². The third-order valence-corrected chi connectivity index (χ3v) is 5.23. The van der Waals surface area contributed by atoms with Crippen LogP contribution in [-0.4, -0.2) is 17.6 Å². The Labute approximate surface area is 165 Å². The third kappa shape index (κ3) is 3.52. The van der Waals surface area contributed by atoms with E-state index in [1.54, 1.807) is 0 Å². The number of hydrazine groups is 1. The van der Waals surface area contributed by atoms with Gasteiger partial charge in [-0.2, -0.15) is 0 Å². The van der Waals surface area contributed by atoms with Gasteiger partial charge in [-0.15, -0.1) is 0 Å². The maximum Gasteiger partial charge on any atom is 0.338 e. The largest absolute Gasteiger partial charge is 0.338 e. The number of pyridine rings is 1. The average Bonchev–Trinajstić information content (AvgIpc) is 3.03. The minimum atomic E-state index is -0.241. The number of aromatic nitrogens is 1. The van der Waals surface area contributed by atoms with Gasteiger partial charge in [0.15, 0.2) is 0 Å². The summed E-state index contributed by atoms with van der Waals surface area (Å²) in [7, 11) is 0. The van der Waals surface area contributed by atoms with Gasteiger partial charge < -0.3 is 5.32 Å². The number of benzene rings is 2. The van der Waals surface area contributed by atoms with Crippen molar-refractivity contribution in [2.24, 2.45) is 0 Å². The minimum absolute atomic E-state index is 0.120. The fraction of sp³-hybridized carbons (Fsp3) is 0.304. The summed E-state index contributed by atoms with van der Waals surface area (Å²) in [6, 6.07) is 14.1. The summed E-state index contributed by atoms with van der Waals surface area (Å²) in [6.45, 7) is 9.37. The van der Waals surface area contributed by atoms with Crippen LogP contribution in [0.1, 0.15) is 37.6 Å². The highest BCUT2D eigenvalue weighted by molar-refractivity contribution is 6.01. The van der Waals surface area contributed by atoms with Gasteiger partial charge in [-0.25, -0.2) is 10.2 Å². The fourth-order valence-corrected chi connectivity index (χ4v) is 3.64. The molecule has 2 heterocycles. The molecule has 3 aromatic rings. The van der Waals surface area contributed by atoms with Crippen molar-refractivity contribution in [2.75, 3.05) is 16.9 Å². The number of aryl methyl sites for hydroxylation is 1. The number of urea groups is 1. The second kappa shape index (κ2) is 6.82. The van der Waals surface area contributed by atoms with Crippen LogP contribution in [0, 0.1) is 6.92 Å². The predicted octanol–water partition coefficient (Wildman–Crippen LogP) is 4.94. The average molecular weight is 374 g/mol. The van der Waals surface area contributed by atoms with Crippen LogP contribution in [0.4, 0.5) is 16.2 Å². The molecule has 0 saturated heterocycles. The van der Waals surface area contributed by atoms with Crippen LogP contribution < -0.4 is 15.8 Å². The first-order chi connectivity index (χ1) is 13.3. The molecule has 5 heteroatoms. The second-order valence-electron chi connectivity index (χ2n) is 8.41. The lowest BCUT2D eigenvalue weighted by Gasteiger charge is -2.23. The monoisotopic (exact) mass is 374 g/mol. The first-order valence-electron chi connectivity index (χ1n) is 9.65. The number of nitrogens with one attached hydrogen (secondary N) is 2. The number of hydrogen-bond acceptors (Lipinski definition) is 3. The van der Waals surface area contributed by atoms with Crippen molar-refractivity contribution >= 4 is 28.2 Å². The minimum Gasteiger partial charge on any atom is -0.306 e. The molecule has 28 heavy (non-hydrogen) atoms. The van der Waals surface area contributed by atoms with Crippen molar-refractivity contribution in [1.82, 2.24) is 10.4 Å². The Bertz CT molecular complexity index is 1050. The standard InChI is InChI=1S/C23H26N4O/c1-15-12-19-17(14-24-15)6-5-7-20(19)25-22(28)26-27-11-10-16-13-18(23(2,3)4)8-9-21(16)27/h5-9,12-14H,10-11H2,1-4H3,(H2,25,26,28). The van der Waals surface area contributed by atoms with Crippen LogP contribution in [0.25, 0.3) is 10.8 Å². The summed E-state index contributed by atoms with van der Waals surface area (Å²) in [5.74, 6) is 0. The van der Waals surface area contributed by atoms with E-state index in [0.29, 0.717) is 0 Å². The molecule has 1 aromatic heterocycles. The topological polar surface area (TPSA) is 57.3 Å². The molecule has 0 radical (unpaired) electrons. The molecule has 0 atom stereocenters. The second-order valence-corrected chi connectivity index (χ2v) is 8.41. The van der Waals surface area contributed by atoms with Crippen LogP contribution in [-0.2, 0) is 11.8 Å². The zero-order valence-electron chi connectivity index (χ0n) is 16.8. The molecule has 0 aliphatic carbocycles. The normalized spacial score (nSPS) is 13.5. The Morgan fingerprint density at radius 2 is 1.96 bits per heavy atom. The van der Waals surface area contributed by atoms with Crippen molar-refractivity contribution in [3.05, 3.63) is 65.5 Å². The van der Waals surface area contributed by atoms with Gasteiger partial charge in [0.1, 0.15) is 0 Å². The molecule has 1 aliphatic rings. The zero-order chi connectivity index (χ0) is 19.9. The first-order valence-corrected chi connectivity index (χ1v) is 9.65. The molecular formula is C23H26N4O. The smallest absolute Gasteiger partial charge is 0.306 e. The number of amides is 2. The van der Waals surface area contributed by atoms with E-state index in [9.17, 15) is 4.79 Å². The predicted molar refractivity (Wildman–Crippen MR) is 115 cm³/mol. The molecule has 1 aliphatic heterocycles. The number of carbonyl (C=O) groups excluding carboxylic acids is 1. The molecule has 2 N–H and O–H groups in total. The van der Waals surface area contributed by atoms with Gasteiger partial charge in [0.2, 0.25) is 0 Å². The molecule has 2 amide bonds. The Hall–Kier alpha value is -3.08. The molecule has 0 saturated carbocycles. The Morgan fingerprint density at radius 1 is 1.14 bits per heavy atom. The Kier molecular flexibility index (Phi) is 4.46. The van der Waals surface area contributed by atoms with Gasteiger partial charge in [-0.1, -0.05) is 45.0 Å². The number of hydrogen-bond donors (Lipinski definition) is 2. The lowest BCUT2D eigenvalue weighted by atomic mass is 9.86. The zero-order valence-corrected chi connectivity index (χ0v) is 16.8. The van der Waals surface area contributed by atoms with E-state index in [-0.39, 0.29) is 11.4 Å². The summed E-state index contributed by atoms with van der Waals surface area (Å²) < 4.78 is 0. The molecule has 4 rings (SSSR count). The number of fused-ring (bicyclic) bond motifs is 2. The molecule has 2 aromatic carbocycles. The van der Waals surface area contributed by atoms with Gasteiger partial charge in [0, 0.05) is 29.2 Å². The summed E-state index contributed by atoms with van der Waals surface area (Å²) in [4.78, 5) is 17.0. The molecule has 0 unspecified atom stereocenters. The highest BCUT2D eigenvalue weighted by Crippen LogP contribution is 2.32. The summed E-state index contributed by atoms with van der Waals surface area (Å²) in [5.41, 5.74) is 8.48. The van der Waals surface area contributed by atoms with Gasteiger partial charge in [0.25, 0.3) is 0 Å². The summed E-state index contributed by atoms with van der Waals surface area (Å²) >= 11 is 0. The molecule has 0 fully saturated rings. The fourth-order valence-electron chi connectivity index (χ4n) is 3.64. The number of anilines is 2. The van der Waals surface area contributed by atoms with Crippen LogP contribution in [0.2, 0.25) is 0 Å². The van der Waals surface area contributed by atoms with Gasteiger partial charge >= 0.3 is 6.03 Å². The highest BCUT2D eigenvalue weighted by Gasteiger charge is 2.23. The van der Waals surface area contributed by atoms with E-state index in [4.69, 9.17) is 0 Å². The van der Waals surface area contributed by atoms with E-state index >= 15 is 0 Å². The van der Waals surface area contributed by atoms with Crippen molar-refractivity contribution in [1.29, 1.82) is 0 Å². The molecule has 0 spiro atoms. The van der Waals surface area contributed by atoms with Crippen molar-refractivity contribution < 1.29 is 4.79 Å². The summed E-state index contributed by atoms with van der Waals surface area (Å²) in [5, 5.41) is 6.90. The molecular weight excluding hydrogens is 348 g/mol. The van der Waals surface area contributed by atoms with Crippen LogP contribution >= 0.6 is 0 Å². The van der Waals surface area contributed by atoms with Gasteiger partial charge in [-0.3, -0.25) is 9.99 Å². The molecule has 144 valence electrons. The van der Waals surface area contributed by atoms with Crippen molar-refractivity contribution in [3.63, 3.8) is 0 Å². The maximum atomic E-state index is 12.7. The first kappa shape index (κ1) is 18.3. The Balaban J connectivity index is 1.51. The number of carbonyl (C=O) groups is 1. The molecule has 5 nitrogen and oxygen atoms in total. The lowest BCUT2D eigenvalue weighted by Crippen LogP contribution is -2.43. The lowest BCUT2D eigenvalue weighted by molar-refractivity contribution is 0.251. The SMILES string of the molecule is Cc1cc2c(NC(=O)NN3CCc4cc(C(C)(C)C)ccc43)cccc2cn1. The van der Waals surface area contributed by atoms with Crippen LogP contribution in [0.5, 0.6) is 0 Å². The van der Waals surface area contributed by atoms with E-state index in [1.165, 1.54) is 11.1 Å². The maximum absolute atomic E-state index is 12.7. The Morgan fingerprint density at radius 3 is 2.75 bits per heavy atom. The van der Waals surface area contributed by atoms with E-state index in [0.717, 1.165) is 40.8 Å². The van der Waals surface area contributed by atoms with E-state index < -0.39 is 0 Å². The van der Waals surface area contributed by atoms with Crippen molar-refractivity contribution in [2.45, 2.75) is 39.5 Å². The number of rotatable bonds is 2. The van der Waals surface area contributed by atoms with Crippen molar-refractivity contribution in [3.8, 4) is 0 Å². The highest BCUT2D eigenvalue weighted by atomic mass is 16.2. The van der Waals surface area contributed by atoms with Gasteiger partial charge in [0.05, 0.1) is 11.4 Å². The van der Waals surface area contributed by atoms with Gasteiger partial charge in [-0.05, 0) is 48.1 Å². The number of nitrogens with zero attached hydrogens (tertiary/aromatic N) is 2. The third-order valence-electron chi connectivity index (χ3n) is 5.23. The van der Waals surface area contributed by atoms with Crippen LogP contribution in [0.3, 0.4) is 0 Å². The van der Waals surface area contributed by atoms with E-state index in [1.807, 2.05) is 42.4 Å². The summed E-state index contributed by atoms with van der Waals surface area (Å²) in [6.07, 6.45) is 2.76. The molecule has 0 bridgehead atoms. The van der Waals surface area contributed by atoms with Crippen LogP contribution in [0.15, 0.2) is 48.7 Å².